The van der Waals surface area contributed by atoms with Crippen molar-refractivity contribution in [2.24, 2.45) is 4.99 Å². The Hall–Kier alpha value is -1.29. The summed E-state index contributed by atoms with van der Waals surface area (Å²) in [5.41, 5.74) is -0.240. The van der Waals surface area contributed by atoms with Gasteiger partial charge in [0.2, 0.25) is 5.91 Å². The van der Waals surface area contributed by atoms with Crippen LogP contribution in [-0.4, -0.2) is 55.5 Å². The fourth-order valence-corrected chi connectivity index (χ4v) is 2.98. The number of amides is 1. The van der Waals surface area contributed by atoms with Gasteiger partial charge in [-0.2, -0.15) is 0 Å². The molecule has 1 atom stereocenters. The van der Waals surface area contributed by atoms with Crippen LogP contribution in [0.4, 0.5) is 0 Å². The number of hydrogen-bond donors (Lipinski definition) is 3. The van der Waals surface area contributed by atoms with E-state index in [0.29, 0.717) is 12.5 Å². The lowest BCUT2D eigenvalue weighted by molar-refractivity contribution is -0.121. The largest absolute Gasteiger partial charge is 0.468 e. The number of guanidine groups is 1. The molecule has 0 aromatic carbocycles. The minimum Gasteiger partial charge on any atom is -0.468 e. The summed E-state index contributed by atoms with van der Waals surface area (Å²) in [5, 5.41) is 9.29. The minimum atomic E-state index is -0.240. The Bertz CT molecular complexity index is 563. The first-order chi connectivity index (χ1) is 11.9. The summed E-state index contributed by atoms with van der Waals surface area (Å²) in [6.45, 7) is 8.90. The number of nitrogens with zero attached hydrogens (tertiary/aromatic N) is 2. The molecule has 1 saturated heterocycles. The lowest BCUT2D eigenvalue weighted by Crippen LogP contribution is -2.49. The van der Waals surface area contributed by atoms with Gasteiger partial charge in [0.15, 0.2) is 5.96 Å². The molecule has 3 N–H and O–H groups in total. The van der Waals surface area contributed by atoms with Crippen molar-refractivity contribution in [3.8, 4) is 0 Å². The molecule has 1 amide bonds. The molecule has 0 bridgehead atoms. The van der Waals surface area contributed by atoms with E-state index < -0.39 is 0 Å². The van der Waals surface area contributed by atoms with Gasteiger partial charge < -0.3 is 20.4 Å². The zero-order valence-electron chi connectivity index (χ0n) is 16.2. The fourth-order valence-electron chi connectivity index (χ4n) is 2.98. The van der Waals surface area contributed by atoms with Gasteiger partial charge in [0.1, 0.15) is 5.76 Å². The third-order valence-electron chi connectivity index (χ3n) is 4.07. The van der Waals surface area contributed by atoms with Crippen LogP contribution in [0, 0.1) is 0 Å². The second-order valence-corrected chi connectivity index (χ2v) is 7.38. The van der Waals surface area contributed by atoms with Gasteiger partial charge in [-0.15, -0.1) is 24.0 Å². The molecule has 8 heteroatoms. The van der Waals surface area contributed by atoms with E-state index in [1.54, 1.807) is 13.3 Å². The smallest absolute Gasteiger partial charge is 0.239 e. The van der Waals surface area contributed by atoms with Crippen LogP contribution in [0.5, 0.6) is 0 Å². The highest BCUT2D eigenvalue weighted by atomic mass is 127. The van der Waals surface area contributed by atoms with Gasteiger partial charge >= 0.3 is 0 Å². The van der Waals surface area contributed by atoms with Crippen molar-refractivity contribution < 1.29 is 9.21 Å². The molecule has 1 fully saturated rings. The SMILES string of the molecule is CN=C(NCC(=O)NC(C)(C)C)NCC(c1ccco1)N1CCCC1.I. The van der Waals surface area contributed by atoms with Crippen LogP contribution in [0.2, 0.25) is 0 Å². The Morgan fingerprint density at radius 2 is 2.00 bits per heavy atom. The number of carbonyl (C=O) groups excluding carboxylic acids is 1. The molecule has 2 heterocycles. The number of nitrogens with one attached hydrogen (secondary N) is 3. The predicted octanol–water partition coefficient (Wildman–Crippen LogP) is 2.11. The average Bonchev–Trinajstić information content (AvgIpc) is 3.22. The summed E-state index contributed by atoms with van der Waals surface area (Å²) >= 11 is 0. The van der Waals surface area contributed by atoms with Crippen molar-refractivity contribution in [3.63, 3.8) is 0 Å². The summed E-state index contributed by atoms with van der Waals surface area (Å²) in [6, 6.07) is 4.10. The van der Waals surface area contributed by atoms with E-state index >= 15 is 0 Å². The molecule has 1 unspecified atom stereocenters. The number of rotatable bonds is 6. The Balaban J connectivity index is 0.00000338. The molecule has 0 saturated carbocycles. The molecule has 1 aliphatic heterocycles. The molecule has 0 aliphatic carbocycles. The highest BCUT2D eigenvalue weighted by molar-refractivity contribution is 14.0. The van der Waals surface area contributed by atoms with Crippen LogP contribution < -0.4 is 16.0 Å². The maximum Gasteiger partial charge on any atom is 0.239 e. The fraction of sp³-hybridized carbons (Fsp3) is 0.667. The Labute approximate surface area is 173 Å². The molecule has 2 rings (SSSR count). The number of likely N-dealkylation sites (tertiary alicyclic amines) is 1. The minimum absolute atomic E-state index is 0. The highest BCUT2D eigenvalue weighted by Gasteiger charge is 2.25. The van der Waals surface area contributed by atoms with Crippen LogP contribution in [0.15, 0.2) is 27.8 Å². The predicted molar refractivity (Wildman–Crippen MR) is 115 cm³/mol. The second-order valence-electron chi connectivity index (χ2n) is 7.38. The third kappa shape index (κ3) is 7.53. The lowest BCUT2D eigenvalue weighted by Gasteiger charge is -2.27. The quantitative estimate of drug-likeness (QED) is 0.332. The Morgan fingerprint density at radius 3 is 2.54 bits per heavy atom. The van der Waals surface area contributed by atoms with Gasteiger partial charge in [-0.05, 0) is 58.8 Å². The molecule has 7 nitrogen and oxygen atoms in total. The van der Waals surface area contributed by atoms with Crippen LogP contribution >= 0.6 is 24.0 Å². The molecule has 1 aliphatic rings. The van der Waals surface area contributed by atoms with E-state index in [0.717, 1.165) is 18.8 Å². The number of aliphatic imine (C=N–C) groups is 1. The van der Waals surface area contributed by atoms with Crippen molar-refractivity contribution in [1.29, 1.82) is 0 Å². The molecule has 1 aromatic rings. The first-order valence-corrected chi connectivity index (χ1v) is 8.92. The lowest BCUT2D eigenvalue weighted by atomic mass is 10.1. The summed E-state index contributed by atoms with van der Waals surface area (Å²) < 4.78 is 5.62. The monoisotopic (exact) mass is 477 g/mol. The Kier molecular flexibility index (Phi) is 9.42. The summed E-state index contributed by atoms with van der Waals surface area (Å²) in [6.07, 6.45) is 4.15. The van der Waals surface area contributed by atoms with Crippen molar-refractivity contribution in [2.75, 3.05) is 33.2 Å². The second kappa shape index (κ2) is 10.8. The number of furan rings is 1. The van der Waals surface area contributed by atoms with Gasteiger partial charge in [-0.3, -0.25) is 14.7 Å². The van der Waals surface area contributed by atoms with E-state index in [2.05, 4.69) is 25.8 Å². The standard InChI is InChI=1S/C18H31N5O2.HI/c1-18(2,3)22-16(24)13-21-17(19-4)20-12-14(15-8-7-11-25-15)23-9-5-6-10-23;/h7-8,11,14H,5-6,9-10,12-13H2,1-4H3,(H,22,24)(H2,19,20,21);1H. The van der Waals surface area contributed by atoms with Crippen LogP contribution in [0.25, 0.3) is 0 Å². The van der Waals surface area contributed by atoms with Crippen LogP contribution in [0.3, 0.4) is 0 Å². The van der Waals surface area contributed by atoms with E-state index in [4.69, 9.17) is 4.42 Å². The third-order valence-corrected chi connectivity index (χ3v) is 4.07. The maximum absolute atomic E-state index is 11.9. The van der Waals surface area contributed by atoms with Gasteiger partial charge in [0, 0.05) is 19.1 Å². The zero-order valence-corrected chi connectivity index (χ0v) is 18.5. The molecular formula is C18H32IN5O2. The van der Waals surface area contributed by atoms with E-state index in [1.165, 1.54) is 12.8 Å². The molecule has 0 radical (unpaired) electrons. The normalized spacial score (nSPS) is 16.7. The van der Waals surface area contributed by atoms with Crippen molar-refractivity contribution in [1.82, 2.24) is 20.9 Å². The summed E-state index contributed by atoms with van der Waals surface area (Å²) in [4.78, 5) is 18.6. The topological polar surface area (TPSA) is 81.9 Å². The molecule has 1 aromatic heterocycles. The number of halogens is 1. The maximum atomic E-state index is 11.9. The first kappa shape index (κ1) is 22.8. The van der Waals surface area contributed by atoms with E-state index in [1.807, 2.05) is 32.9 Å². The number of carbonyl (C=O) groups is 1. The van der Waals surface area contributed by atoms with E-state index in [-0.39, 0.29) is 48.0 Å². The van der Waals surface area contributed by atoms with Crippen LogP contribution in [-0.2, 0) is 4.79 Å². The van der Waals surface area contributed by atoms with Crippen molar-refractivity contribution >= 4 is 35.8 Å². The molecule has 0 spiro atoms. The average molecular weight is 477 g/mol. The van der Waals surface area contributed by atoms with Crippen molar-refractivity contribution in [2.45, 2.75) is 45.2 Å². The van der Waals surface area contributed by atoms with Crippen molar-refractivity contribution in [3.05, 3.63) is 24.2 Å². The van der Waals surface area contributed by atoms with Crippen LogP contribution in [0.1, 0.15) is 45.4 Å². The Morgan fingerprint density at radius 1 is 1.31 bits per heavy atom. The van der Waals surface area contributed by atoms with Gasteiger partial charge in [0.05, 0.1) is 18.8 Å². The molecule has 26 heavy (non-hydrogen) atoms. The van der Waals surface area contributed by atoms with Gasteiger partial charge in [-0.1, -0.05) is 0 Å². The van der Waals surface area contributed by atoms with E-state index in [9.17, 15) is 4.79 Å². The molecule has 148 valence electrons. The highest BCUT2D eigenvalue weighted by Crippen LogP contribution is 2.24. The first-order valence-electron chi connectivity index (χ1n) is 8.92. The summed E-state index contributed by atoms with van der Waals surface area (Å²) in [7, 11) is 1.70. The summed E-state index contributed by atoms with van der Waals surface area (Å²) in [5.74, 6) is 1.51. The van der Waals surface area contributed by atoms with Gasteiger partial charge in [0.25, 0.3) is 0 Å². The molecular weight excluding hydrogens is 445 g/mol. The zero-order chi connectivity index (χ0) is 18.3. The van der Waals surface area contributed by atoms with Gasteiger partial charge in [-0.25, -0.2) is 0 Å². The number of hydrogen-bond acceptors (Lipinski definition) is 4.